The Kier molecular flexibility index (Phi) is 8.72. The SMILES string of the molecule is CC(C)(C)c1cccc2c1oc1c(-n3c4ccccc4c4cc(-c5ccc(N(c6ccc(-c7ccccc7)cc6)c6ccc(-c7ccccc7)cc6)cc5)ccc43)cccc12. The average Bonchev–Trinajstić information content (AvgIpc) is 3.86. The molecular weight excluding hydrogens is 741 g/mol. The maximum absolute atomic E-state index is 6.88. The number of rotatable bonds is 7. The summed E-state index contributed by atoms with van der Waals surface area (Å²) in [7, 11) is 0. The van der Waals surface area contributed by atoms with Crippen LogP contribution in [0.1, 0.15) is 26.3 Å². The molecule has 0 radical (unpaired) electrons. The number of hydrogen-bond donors (Lipinski definition) is 0. The standard InChI is InChI=1S/C58H44N2O/c1-58(2,3)52-21-12-19-49-50-20-13-23-55(57(50)61-56(49)52)60-53-22-11-10-18-48(53)51-38-44(30-37-54(51)60)43-28-35-47(36-29-43)59(45-31-24-41(25-32-45)39-14-6-4-7-15-39)46-33-26-42(27-34-46)40-16-8-5-9-17-40/h4-38H,1-3H3. The van der Waals surface area contributed by atoms with E-state index in [1.165, 1.54) is 44.2 Å². The van der Waals surface area contributed by atoms with Gasteiger partial charge in [-0.05, 0) is 99.5 Å². The van der Waals surface area contributed by atoms with Crippen molar-refractivity contribution < 1.29 is 4.42 Å². The Balaban J connectivity index is 0.992. The minimum atomic E-state index is -0.0461. The van der Waals surface area contributed by atoms with Gasteiger partial charge in [-0.25, -0.2) is 0 Å². The maximum atomic E-state index is 6.88. The van der Waals surface area contributed by atoms with Gasteiger partial charge in [0.1, 0.15) is 5.58 Å². The number of para-hydroxylation sites is 3. The van der Waals surface area contributed by atoms with Crippen LogP contribution in [0.4, 0.5) is 17.1 Å². The van der Waals surface area contributed by atoms with E-state index in [0.29, 0.717) is 0 Å². The van der Waals surface area contributed by atoms with Gasteiger partial charge in [-0.15, -0.1) is 0 Å². The van der Waals surface area contributed by atoms with E-state index in [4.69, 9.17) is 4.42 Å². The zero-order valence-electron chi connectivity index (χ0n) is 34.5. The van der Waals surface area contributed by atoms with Gasteiger partial charge in [0.15, 0.2) is 5.58 Å². The van der Waals surface area contributed by atoms with E-state index in [9.17, 15) is 0 Å². The molecule has 0 N–H and O–H groups in total. The molecule has 0 unspecified atom stereocenters. The minimum Gasteiger partial charge on any atom is -0.454 e. The quantitative estimate of drug-likeness (QED) is 0.161. The number of anilines is 3. The summed E-state index contributed by atoms with van der Waals surface area (Å²) < 4.78 is 9.26. The molecule has 0 atom stereocenters. The van der Waals surface area contributed by atoms with Crippen molar-refractivity contribution in [3.05, 3.63) is 218 Å². The van der Waals surface area contributed by atoms with Crippen molar-refractivity contribution in [1.82, 2.24) is 4.57 Å². The number of fused-ring (bicyclic) bond motifs is 6. The normalized spacial score (nSPS) is 11.9. The molecule has 11 aromatic rings. The molecule has 3 nitrogen and oxygen atoms in total. The molecular formula is C58H44N2O. The lowest BCUT2D eigenvalue weighted by Gasteiger charge is -2.26. The molecule has 0 aliphatic heterocycles. The summed E-state index contributed by atoms with van der Waals surface area (Å²) in [4.78, 5) is 2.34. The highest BCUT2D eigenvalue weighted by Crippen LogP contribution is 2.42. The average molecular weight is 785 g/mol. The van der Waals surface area contributed by atoms with Crippen LogP contribution in [-0.4, -0.2) is 4.57 Å². The smallest absolute Gasteiger partial charge is 0.159 e. The predicted molar refractivity (Wildman–Crippen MR) is 258 cm³/mol. The molecule has 0 bridgehead atoms. The summed E-state index contributed by atoms with van der Waals surface area (Å²) in [6.07, 6.45) is 0. The summed E-state index contributed by atoms with van der Waals surface area (Å²) in [5.41, 5.74) is 16.8. The van der Waals surface area contributed by atoms with Gasteiger partial charge < -0.3 is 13.9 Å². The molecule has 0 aliphatic carbocycles. The van der Waals surface area contributed by atoms with Crippen molar-refractivity contribution in [3.8, 4) is 39.1 Å². The fourth-order valence-corrected chi connectivity index (χ4v) is 9.10. The lowest BCUT2D eigenvalue weighted by Crippen LogP contribution is -2.10. The van der Waals surface area contributed by atoms with Gasteiger partial charge in [0.2, 0.25) is 0 Å². The second kappa shape index (κ2) is 14.6. The Bertz CT molecular complexity index is 3270. The fourth-order valence-electron chi connectivity index (χ4n) is 9.10. The molecule has 0 saturated heterocycles. The largest absolute Gasteiger partial charge is 0.454 e. The first-order chi connectivity index (χ1) is 29.9. The van der Waals surface area contributed by atoms with E-state index in [1.807, 2.05) is 0 Å². The Morgan fingerprint density at radius 1 is 0.361 bits per heavy atom. The molecule has 2 aromatic heterocycles. The van der Waals surface area contributed by atoms with Crippen LogP contribution in [0.5, 0.6) is 0 Å². The summed E-state index contributed by atoms with van der Waals surface area (Å²) in [6, 6.07) is 76.5. The summed E-state index contributed by atoms with van der Waals surface area (Å²) >= 11 is 0. The van der Waals surface area contributed by atoms with Crippen molar-refractivity contribution in [2.75, 3.05) is 4.90 Å². The van der Waals surface area contributed by atoms with E-state index in [2.05, 4.69) is 243 Å². The van der Waals surface area contributed by atoms with E-state index >= 15 is 0 Å². The molecule has 9 aromatic carbocycles. The number of benzene rings is 9. The highest BCUT2D eigenvalue weighted by Gasteiger charge is 2.23. The summed E-state index contributed by atoms with van der Waals surface area (Å²) in [5.74, 6) is 0. The third-order valence-electron chi connectivity index (χ3n) is 12.1. The van der Waals surface area contributed by atoms with Crippen LogP contribution < -0.4 is 4.90 Å². The molecule has 0 aliphatic rings. The number of aromatic nitrogens is 1. The number of nitrogens with zero attached hydrogens (tertiary/aromatic N) is 2. The van der Waals surface area contributed by atoms with Crippen LogP contribution in [0, 0.1) is 0 Å². The first kappa shape index (κ1) is 36.5. The van der Waals surface area contributed by atoms with Crippen LogP contribution in [0.25, 0.3) is 82.8 Å². The third-order valence-corrected chi connectivity index (χ3v) is 12.1. The van der Waals surface area contributed by atoms with Gasteiger partial charge in [-0.1, -0.05) is 172 Å². The molecule has 292 valence electrons. The molecule has 61 heavy (non-hydrogen) atoms. The first-order valence-corrected chi connectivity index (χ1v) is 21.1. The van der Waals surface area contributed by atoms with E-state index in [0.717, 1.165) is 61.3 Å². The van der Waals surface area contributed by atoms with E-state index < -0.39 is 0 Å². The molecule has 0 fully saturated rings. The van der Waals surface area contributed by atoms with Gasteiger partial charge in [0.25, 0.3) is 0 Å². The van der Waals surface area contributed by atoms with Crippen molar-refractivity contribution in [1.29, 1.82) is 0 Å². The van der Waals surface area contributed by atoms with Gasteiger partial charge in [0.05, 0.1) is 16.7 Å². The Labute approximate surface area is 356 Å². The second-order valence-corrected chi connectivity index (χ2v) is 17.0. The number of hydrogen-bond acceptors (Lipinski definition) is 2. The molecule has 0 amide bonds. The van der Waals surface area contributed by atoms with Crippen molar-refractivity contribution in [3.63, 3.8) is 0 Å². The van der Waals surface area contributed by atoms with Crippen LogP contribution in [0.3, 0.4) is 0 Å². The summed E-state index contributed by atoms with van der Waals surface area (Å²) in [5, 5.41) is 4.71. The molecule has 0 saturated carbocycles. The van der Waals surface area contributed by atoms with Gasteiger partial charge in [-0.2, -0.15) is 0 Å². The highest BCUT2D eigenvalue weighted by molar-refractivity contribution is 6.13. The molecule has 3 heteroatoms. The minimum absolute atomic E-state index is 0.0461. The Hall–Kier alpha value is -7.62. The van der Waals surface area contributed by atoms with Crippen LogP contribution in [0.15, 0.2) is 217 Å². The molecule has 2 heterocycles. The predicted octanol–water partition coefficient (Wildman–Crippen LogP) is 16.5. The van der Waals surface area contributed by atoms with Crippen molar-refractivity contribution >= 4 is 60.8 Å². The molecule has 0 spiro atoms. The van der Waals surface area contributed by atoms with Crippen LogP contribution >= 0.6 is 0 Å². The zero-order valence-corrected chi connectivity index (χ0v) is 34.5. The lowest BCUT2D eigenvalue weighted by atomic mass is 9.86. The van der Waals surface area contributed by atoms with E-state index in [-0.39, 0.29) is 5.41 Å². The lowest BCUT2D eigenvalue weighted by molar-refractivity contribution is 0.572. The zero-order chi connectivity index (χ0) is 41.1. The highest BCUT2D eigenvalue weighted by atomic mass is 16.3. The van der Waals surface area contributed by atoms with Crippen LogP contribution in [0.2, 0.25) is 0 Å². The second-order valence-electron chi connectivity index (χ2n) is 17.0. The monoisotopic (exact) mass is 784 g/mol. The maximum Gasteiger partial charge on any atom is 0.159 e. The van der Waals surface area contributed by atoms with Gasteiger partial charge in [-0.3, -0.25) is 0 Å². The Morgan fingerprint density at radius 3 is 1.38 bits per heavy atom. The molecule has 11 rings (SSSR count). The third kappa shape index (κ3) is 6.38. The Morgan fingerprint density at radius 2 is 0.803 bits per heavy atom. The van der Waals surface area contributed by atoms with Crippen molar-refractivity contribution in [2.45, 2.75) is 26.2 Å². The number of furan rings is 1. The topological polar surface area (TPSA) is 21.3 Å². The summed E-state index contributed by atoms with van der Waals surface area (Å²) in [6.45, 7) is 6.75. The van der Waals surface area contributed by atoms with Crippen LogP contribution in [-0.2, 0) is 5.41 Å². The fraction of sp³-hybridized carbons (Fsp3) is 0.0690. The van der Waals surface area contributed by atoms with Gasteiger partial charge >= 0.3 is 0 Å². The first-order valence-electron chi connectivity index (χ1n) is 21.1. The van der Waals surface area contributed by atoms with Gasteiger partial charge in [0, 0.05) is 44.2 Å². The van der Waals surface area contributed by atoms with Crippen molar-refractivity contribution in [2.24, 2.45) is 0 Å². The van der Waals surface area contributed by atoms with E-state index in [1.54, 1.807) is 0 Å².